The molecule has 0 spiro atoms. The zero-order chi connectivity index (χ0) is 11.1. The molecular formula is C14H20N2. The van der Waals surface area contributed by atoms with Crippen LogP contribution in [0.3, 0.4) is 0 Å². The van der Waals surface area contributed by atoms with Crippen LogP contribution in [0.4, 0.5) is 5.69 Å². The maximum atomic E-state index is 3.69. The molecule has 1 aromatic rings. The first-order valence-corrected chi connectivity index (χ1v) is 6.27. The lowest BCUT2D eigenvalue weighted by molar-refractivity contribution is 0.210. The molecule has 2 aliphatic rings. The summed E-state index contributed by atoms with van der Waals surface area (Å²) in [6, 6.07) is 10.2. The summed E-state index contributed by atoms with van der Waals surface area (Å²) in [6.45, 7) is 0. The van der Waals surface area contributed by atoms with Gasteiger partial charge in [0.05, 0.1) is 0 Å². The highest BCUT2D eigenvalue weighted by molar-refractivity contribution is 5.59. The first-order valence-electron chi connectivity index (χ1n) is 6.27. The number of hydrogen-bond acceptors (Lipinski definition) is 2. The average Bonchev–Trinajstić information content (AvgIpc) is 2.66. The van der Waals surface area contributed by atoms with Gasteiger partial charge in [-0.1, -0.05) is 18.2 Å². The Kier molecular flexibility index (Phi) is 2.40. The van der Waals surface area contributed by atoms with Crippen molar-refractivity contribution in [3.63, 3.8) is 0 Å². The Morgan fingerprint density at radius 1 is 1.19 bits per heavy atom. The van der Waals surface area contributed by atoms with Crippen molar-refractivity contribution in [1.29, 1.82) is 0 Å². The molecule has 0 bridgehead atoms. The first kappa shape index (κ1) is 10.2. The second kappa shape index (κ2) is 3.77. The number of anilines is 1. The minimum absolute atomic E-state index is 0.665. The van der Waals surface area contributed by atoms with Gasteiger partial charge in [0.25, 0.3) is 0 Å². The van der Waals surface area contributed by atoms with Crippen molar-refractivity contribution in [1.82, 2.24) is 4.90 Å². The summed E-state index contributed by atoms with van der Waals surface area (Å²) in [5.41, 5.74) is 2.92. The first-order chi connectivity index (χ1) is 7.75. The molecule has 16 heavy (non-hydrogen) atoms. The number of fused-ring (bicyclic) bond motifs is 3. The van der Waals surface area contributed by atoms with Gasteiger partial charge in [-0.3, -0.25) is 0 Å². The fourth-order valence-corrected chi connectivity index (χ4v) is 3.30. The van der Waals surface area contributed by atoms with Crippen LogP contribution >= 0.6 is 0 Å². The summed E-state index contributed by atoms with van der Waals surface area (Å²) in [4.78, 5) is 2.38. The molecule has 1 saturated carbocycles. The monoisotopic (exact) mass is 216 g/mol. The lowest BCUT2D eigenvalue weighted by atomic mass is 9.80. The topological polar surface area (TPSA) is 15.3 Å². The zero-order valence-corrected chi connectivity index (χ0v) is 10.1. The van der Waals surface area contributed by atoms with Gasteiger partial charge in [0, 0.05) is 23.7 Å². The summed E-state index contributed by atoms with van der Waals surface area (Å²) < 4.78 is 0. The molecule has 0 saturated heterocycles. The predicted molar refractivity (Wildman–Crippen MR) is 67.9 cm³/mol. The molecule has 1 aliphatic carbocycles. The van der Waals surface area contributed by atoms with Crippen LogP contribution < -0.4 is 5.32 Å². The van der Waals surface area contributed by atoms with Gasteiger partial charge in [-0.05, 0) is 45.0 Å². The van der Waals surface area contributed by atoms with Crippen molar-refractivity contribution in [2.24, 2.45) is 0 Å². The molecule has 3 rings (SSSR count). The third-order valence-electron chi connectivity index (χ3n) is 4.25. The van der Waals surface area contributed by atoms with Crippen molar-refractivity contribution in [3.05, 3.63) is 29.8 Å². The van der Waals surface area contributed by atoms with E-state index in [1.807, 2.05) is 0 Å². The van der Waals surface area contributed by atoms with E-state index < -0.39 is 0 Å². The van der Waals surface area contributed by atoms with E-state index in [1.54, 1.807) is 5.56 Å². The smallest absolute Gasteiger partial charge is 0.0378 e. The largest absolute Gasteiger partial charge is 0.381 e. The number of nitrogens with one attached hydrogen (secondary N) is 1. The van der Waals surface area contributed by atoms with Crippen molar-refractivity contribution in [2.75, 3.05) is 19.4 Å². The third kappa shape index (κ3) is 1.52. The van der Waals surface area contributed by atoms with Gasteiger partial charge in [-0.15, -0.1) is 0 Å². The fraction of sp³-hybridized carbons (Fsp3) is 0.571. The van der Waals surface area contributed by atoms with Gasteiger partial charge in [0.2, 0.25) is 0 Å². The standard InChI is InChI=1S/C14H20N2/c1-16(2)10-7-8-12-11-5-3-4-6-13(11)15-14(12)9-10/h3-6,10,12,14-15H,7-9H2,1-2H3/t10?,12-,14-/m0/s1. The molecule has 1 aromatic carbocycles. The Hall–Kier alpha value is -1.02. The molecule has 2 nitrogen and oxygen atoms in total. The average molecular weight is 216 g/mol. The highest BCUT2D eigenvalue weighted by atomic mass is 15.1. The Labute approximate surface area is 97.6 Å². The maximum absolute atomic E-state index is 3.69. The van der Waals surface area contributed by atoms with Gasteiger partial charge in [-0.2, -0.15) is 0 Å². The molecule has 0 aromatic heterocycles. The van der Waals surface area contributed by atoms with Crippen LogP contribution in [0.1, 0.15) is 30.7 Å². The van der Waals surface area contributed by atoms with Gasteiger partial charge in [0.1, 0.15) is 0 Å². The van der Waals surface area contributed by atoms with Crippen molar-refractivity contribution < 1.29 is 0 Å². The molecule has 0 amide bonds. The molecule has 2 heteroatoms. The Morgan fingerprint density at radius 2 is 2.00 bits per heavy atom. The van der Waals surface area contributed by atoms with E-state index in [9.17, 15) is 0 Å². The second-order valence-corrected chi connectivity index (χ2v) is 5.38. The molecule has 1 unspecified atom stereocenters. The molecule has 86 valence electrons. The van der Waals surface area contributed by atoms with Crippen LogP contribution in [-0.2, 0) is 0 Å². The quantitative estimate of drug-likeness (QED) is 0.776. The number of hydrogen-bond donors (Lipinski definition) is 1. The molecule has 1 aliphatic heterocycles. The number of nitrogens with zero attached hydrogens (tertiary/aromatic N) is 1. The SMILES string of the molecule is CN(C)C1CC[C@H]2c3ccccc3N[C@H]2C1. The van der Waals surface area contributed by atoms with Crippen molar-refractivity contribution in [2.45, 2.75) is 37.3 Å². The van der Waals surface area contributed by atoms with Crippen LogP contribution in [0.2, 0.25) is 0 Å². The lowest BCUT2D eigenvalue weighted by Crippen LogP contribution is -2.39. The number of para-hydroxylation sites is 1. The van der Waals surface area contributed by atoms with E-state index in [1.165, 1.54) is 24.9 Å². The summed E-state index contributed by atoms with van der Waals surface area (Å²) in [6.07, 6.45) is 3.95. The summed E-state index contributed by atoms with van der Waals surface area (Å²) in [7, 11) is 4.40. The van der Waals surface area contributed by atoms with E-state index in [-0.39, 0.29) is 0 Å². The van der Waals surface area contributed by atoms with E-state index in [0.717, 1.165) is 12.0 Å². The van der Waals surface area contributed by atoms with Gasteiger partial charge in [-0.25, -0.2) is 0 Å². The Bertz CT molecular complexity index is 386. The minimum Gasteiger partial charge on any atom is -0.381 e. The van der Waals surface area contributed by atoms with Crippen LogP contribution in [0.5, 0.6) is 0 Å². The van der Waals surface area contributed by atoms with Gasteiger partial charge < -0.3 is 10.2 Å². The maximum Gasteiger partial charge on any atom is 0.0378 e. The Morgan fingerprint density at radius 3 is 2.81 bits per heavy atom. The fourth-order valence-electron chi connectivity index (χ4n) is 3.30. The minimum atomic E-state index is 0.665. The van der Waals surface area contributed by atoms with Crippen LogP contribution in [0.25, 0.3) is 0 Å². The zero-order valence-electron chi connectivity index (χ0n) is 10.1. The lowest BCUT2D eigenvalue weighted by Gasteiger charge is -2.35. The predicted octanol–water partition coefficient (Wildman–Crippen LogP) is 2.68. The molecule has 1 fully saturated rings. The molecular weight excluding hydrogens is 196 g/mol. The van der Waals surface area contributed by atoms with Crippen LogP contribution in [-0.4, -0.2) is 31.1 Å². The summed E-state index contributed by atoms with van der Waals surface area (Å²) >= 11 is 0. The number of benzene rings is 1. The molecule has 3 atom stereocenters. The highest BCUT2D eigenvalue weighted by Gasteiger charge is 2.37. The van der Waals surface area contributed by atoms with E-state index in [4.69, 9.17) is 0 Å². The van der Waals surface area contributed by atoms with Crippen molar-refractivity contribution >= 4 is 5.69 Å². The summed E-state index contributed by atoms with van der Waals surface area (Å²) in [5, 5.41) is 3.69. The van der Waals surface area contributed by atoms with E-state index in [0.29, 0.717) is 6.04 Å². The summed E-state index contributed by atoms with van der Waals surface area (Å²) in [5.74, 6) is 0.757. The van der Waals surface area contributed by atoms with Gasteiger partial charge in [0.15, 0.2) is 0 Å². The number of rotatable bonds is 1. The second-order valence-electron chi connectivity index (χ2n) is 5.38. The van der Waals surface area contributed by atoms with Crippen molar-refractivity contribution in [3.8, 4) is 0 Å². The van der Waals surface area contributed by atoms with Crippen LogP contribution in [0.15, 0.2) is 24.3 Å². The van der Waals surface area contributed by atoms with Crippen LogP contribution in [0, 0.1) is 0 Å². The third-order valence-corrected chi connectivity index (χ3v) is 4.25. The van der Waals surface area contributed by atoms with E-state index in [2.05, 4.69) is 48.6 Å². The highest BCUT2D eigenvalue weighted by Crippen LogP contribution is 2.44. The molecule has 1 heterocycles. The Balaban J connectivity index is 1.82. The van der Waals surface area contributed by atoms with E-state index >= 15 is 0 Å². The normalized spacial score (nSPS) is 32.1. The molecule has 0 radical (unpaired) electrons. The molecule has 1 N–H and O–H groups in total. The van der Waals surface area contributed by atoms with Gasteiger partial charge >= 0.3 is 0 Å².